The zero-order chi connectivity index (χ0) is 18.9. The molecule has 0 saturated heterocycles. The summed E-state index contributed by atoms with van der Waals surface area (Å²) in [7, 11) is 0. The molecule has 0 aliphatic carbocycles. The SMILES string of the molecule is CCN(CC)C(C)CNC(=O)C(Cc1ccncc1)c1ccc(Cl)cc1. The maximum atomic E-state index is 13.0. The summed E-state index contributed by atoms with van der Waals surface area (Å²) >= 11 is 6.01. The molecule has 2 atom stereocenters. The van der Waals surface area contributed by atoms with Crippen LogP contribution in [-0.4, -0.2) is 41.5 Å². The molecule has 1 heterocycles. The van der Waals surface area contributed by atoms with E-state index in [0.717, 1.165) is 24.2 Å². The predicted molar refractivity (Wildman–Crippen MR) is 108 cm³/mol. The molecule has 0 aliphatic heterocycles. The van der Waals surface area contributed by atoms with Gasteiger partial charge >= 0.3 is 0 Å². The number of rotatable bonds is 9. The van der Waals surface area contributed by atoms with Crippen LogP contribution >= 0.6 is 11.6 Å². The van der Waals surface area contributed by atoms with Crippen LogP contribution in [0.2, 0.25) is 5.02 Å². The lowest BCUT2D eigenvalue weighted by molar-refractivity contribution is -0.122. The Morgan fingerprint density at radius 2 is 1.73 bits per heavy atom. The number of amides is 1. The number of hydrogen-bond donors (Lipinski definition) is 1. The summed E-state index contributed by atoms with van der Waals surface area (Å²) in [6.45, 7) is 9.02. The van der Waals surface area contributed by atoms with Gasteiger partial charge in [-0.2, -0.15) is 0 Å². The molecule has 2 rings (SSSR count). The fraction of sp³-hybridized carbons (Fsp3) is 0.429. The number of nitrogens with zero attached hydrogens (tertiary/aromatic N) is 2. The van der Waals surface area contributed by atoms with Crippen LogP contribution < -0.4 is 5.32 Å². The smallest absolute Gasteiger partial charge is 0.227 e. The number of carbonyl (C=O) groups excluding carboxylic acids is 1. The number of nitrogens with one attached hydrogen (secondary N) is 1. The molecule has 0 spiro atoms. The molecule has 0 saturated carbocycles. The zero-order valence-corrected chi connectivity index (χ0v) is 16.5. The van der Waals surface area contributed by atoms with Crippen molar-refractivity contribution in [2.24, 2.45) is 0 Å². The Balaban J connectivity index is 2.12. The van der Waals surface area contributed by atoms with Crippen LogP contribution in [0.25, 0.3) is 0 Å². The van der Waals surface area contributed by atoms with Gasteiger partial charge in [-0.05, 0) is 61.8 Å². The molecule has 0 radical (unpaired) electrons. The summed E-state index contributed by atoms with van der Waals surface area (Å²) in [6.07, 6.45) is 4.15. The first-order valence-electron chi connectivity index (χ1n) is 9.21. The van der Waals surface area contributed by atoms with E-state index >= 15 is 0 Å². The molecule has 2 unspecified atom stereocenters. The Hall–Kier alpha value is -1.91. The zero-order valence-electron chi connectivity index (χ0n) is 15.8. The Morgan fingerprint density at radius 3 is 2.31 bits per heavy atom. The Kier molecular flexibility index (Phi) is 8.07. The lowest BCUT2D eigenvalue weighted by atomic mass is 9.91. The number of carbonyl (C=O) groups is 1. The third kappa shape index (κ3) is 5.82. The van der Waals surface area contributed by atoms with Gasteiger partial charge in [0, 0.05) is 30.0 Å². The minimum atomic E-state index is -0.251. The molecule has 1 amide bonds. The molecule has 0 fully saturated rings. The van der Waals surface area contributed by atoms with Crippen LogP contribution in [0.5, 0.6) is 0 Å². The number of pyridine rings is 1. The van der Waals surface area contributed by atoms with Gasteiger partial charge < -0.3 is 5.32 Å². The molecule has 2 aromatic rings. The van der Waals surface area contributed by atoms with E-state index < -0.39 is 0 Å². The molecule has 1 N–H and O–H groups in total. The maximum absolute atomic E-state index is 13.0. The number of hydrogen-bond acceptors (Lipinski definition) is 3. The largest absolute Gasteiger partial charge is 0.354 e. The van der Waals surface area contributed by atoms with Gasteiger partial charge in [0.1, 0.15) is 0 Å². The maximum Gasteiger partial charge on any atom is 0.227 e. The fourth-order valence-corrected chi connectivity index (χ4v) is 3.29. The molecule has 0 aliphatic rings. The van der Waals surface area contributed by atoms with Crippen molar-refractivity contribution in [2.45, 2.75) is 39.2 Å². The minimum absolute atomic E-state index is 0.0446. The Labute approximate surface area is 161 Å². The van der Waals surface area contributed by atoms with E-state index in [4.69, 9.17) is 11.6 Å². The summed E-state index contributed by atoms with van der Waals surface area (Å²) in [4.78, 5) is 19.3. The van der Waals surface area contributed by atoms with Crippen molar-refractivity contribution in [2.75, 3.05) is 19.6 Å². The van der Waals surface area contributed by atoms with E-state index in [9.17, 15) is 4.79 Å². The third-order valence-electron chi connectivity index (χ3n) is 4.79. The molecule has 4 nitrogen and oxygen atoms in total. The van der Waals surface area contributed by atoms with Gasteiger partial charge in [-0.15, -0.1) is 0 Å². The highest BCUT2D eigenvalue weighted by Crippen LogP contribution is 2.23. The molecule has 1 aromatic heterocycles. The van der Waals surface area contributed by atoms with Crippen molar-refractivity contribution < 1.29 is 4.79 Å². The van der Waals surface area contributed by atoms with Crippen LogP contribution in [0, 0.1) is 0 Å². The summed E-state index contributed by atoms with van der Waals surface area (Å²) in [5, 5.41) is 3.81. The summed E-state index contributed by atoms with van der Waals surface area (Å²) in [5.74, 6) is -0.207. The number of aromatic nitrogens is 1. The second-order valence-electron chi connectivity index (χ2n) is 6.48. The molecule has 5 heteroatoms. The third-order valence-corrected chi connectivity index (χ3v) is 5.04. The van der Waals surface area contributed by atoms with Crippen LogP contribution in [0.15, 0.2) is 48.8 Å². The summed E-state index contributed by atoms with van der Waals surface area (Å²) < 4.78 is 0. The van der Waals surface area contributed by atoms with Gasteiger partial charge in [-0.1, -0.05) is 37.6 Å². The van der Waals surface area contributed by atoms with E-state index in [1.54, 1.807) is 12.4 Å². The highest BCUT2D eigenvalue weighted by Gasteiger charge is 2.22. The van der Waals surface area contributed by atoms with Crippen molar-refractivity contribution in [3.05, 3.63) is 64.9 Å². The Morgan fingerprint density at radius 1 is 1.12 bits per heavy atom. The van der Waals surface area contributed by atoms with Crippen molar-refractivity contribution >= 4 is 17.5 Å². The van der Waals surface area contributed by atoms with E-state index in [2.05, 4.69) is 36.0 Å². The highest BCUT2D eigenvalue weighted by atomic mass is 35.5. The second kappa shape index (κ2) is 10.3. The van der Waals surface area contributed by atoms with Crippen molar-refractivity contribution in [3.8, 4) is 0 Å². The van der Waals surface area contributed by atoms with E-state index in [0.29, 0.717) is 24.0 Å². The van der Waals surface area contributed by atoms with E-state index in [-0.39, 0.29) is 11.8 Å². The summed E-state index contributed by atoms with van der Waals surface area (Å²) in [6, 6.07) is 11.7. The van der Waals surface area contributed by atoms with Crippen LogP contribution in [0.4, 0.5) is 0 Å². The predicted octanol–water partition coefficient (Wildman–Crippen LogP) is 3.91. The topological polar surface area (TPSA) is 45.2 Å². The highest BCUT2D eigenvalue weighted by molar-refractivity contribution is 6.30. The quantitative estimate of drug-likeness (QED) is 0.724. The molecule has 0 bridgehead atoms. The number of benzene rings is 1. The van der Waals surface area contributed by atoms with Crippen LogP contribution in [-0.2, 0) is 11.2 Å². The lowest BCUT2D eigenvalue weighted by Crippen LogP contribution is -2.43. The van der Waals surface area contributed by atoms with Gasteiger partial charge in [0.25, 0.3) is 0 Å². The standard InChI is InChI=1S/C21H28ClN3O/c1-4-25(5-2)16(3)15-24-21(26)20(14-17-10-12-23-13-11-17)18-6-8-19(22)9-7-18/h6-13,16,20H,4-5,14-15H2,1-3H3,(H,24,26). The normalized spacial score (nSPS) is 13.4. The van der Waals surface area contributed by atoms with E-state index in [1.165, 1.54) is 0 Å². The first kappa shape index (κ1) is 20.4. The average Bonchev–Trinajstić information content (AvgIpc) is 2.67. The first-order valence-corrected chi connectivity index (χ1v) is 9.59. The van der Waals surface area contributed by atoms with Gasteiger partial charge in [0.2, 0.25) is 5.91 Å². The summed E-state index contributed by atoms with van der Waals surface area (Å²) in [5.41, 5.74) is 2.06. The Bertz CT molecular complexity index is 671. The first-order chi connectivity index (χ1) is 12.5. The lowest BCUT2D eigenvalue weighted by Gasteiger charge is -2.27. The fourth-order valence-electron chi connectivity index (χ4n) is 3.16. The molecular weight excluding hydrogens is 346 g/mol. The van der Waals surface area contributed by atoms with Crippen LogP contribution in [0.1, 0.15) is 37.8 Å². The molecular formula is C21H28ClN3O. The molecule has 26 heavy (non-hydrogen) atoms. The van der Waals surface area contributed by atoms with Crippen LogP contribution in [0.3, 0.4) is 0 Å². The van der Waals surface area contributed by atoms with Gasteiger partial charge in [0.15, 0.2) is 0 Å². The second-order valence-corrected chi connectivity index (χ2v) is 6.92. The minimum Gasteiger partial charge on any atom is -0.354 e. The molecule has 1 aromatic carbocycles. The average molecular weight is 374 g/mol. The number of likely N-dealkylation sites (N-methyl/N-ethyl adjacent to an activating group) is 1. The van der Waals surface area contributed by atoms with Crippen molar-refractivity contribution in [3.63, 3.8) is 0 Å². The van der Waals surface area contributed by atoms with Crippen molar-refractivity contribution in [1.29, 1.82) is 0 Å². The van der Waals surface area contributed by atoms with Gasteiger partial charge in [-0.3, -0.25) is 14.7 Å². The number of halogens is 1. The van der Waals surface area contributed by atoms with Gasteiger partial charge in [0.05, 0.1) is 5.92 Å². The van der Waals surface area contributed by atoms with E-state index in [1.807, 2.05) is 36.4 Å². The van der Waals surface area contributed by atoms with Crippen molar-refractivity contribution in [1.82, 2.24) is 15.2 Å². The molecule has 140 valence electrons. The monoisotopic (exact) mass is 373 g/mol. The van der Waals surface area contributed by atoms with Gasteiger partial charge in [-0.25, -0.2) is 0 Å².